The number of hydrogen-bond acceptors (Lipinski definition) is 3. The molecular formula is C11H13FN2O3. The van der Waals surface area contributed by atoms with Gasteiger partial charge in [-0.2, -0.15) is 0 Å². The topological polar surface area (TPSA) is 61.8 Å². The van der Waals surface area contributed by atoms with E-state index < -0.39 is 5.82 Å². The van der Waals surface area contributed by atoms with Gasteiger partial charge < -0.3 is 20.1 Å². The van der Waals surface area contributed by atoms with Crippen molar-refractivity contribution in [3.8, 4) is 5.75 Å². The number of amides is 2. The Balaban J connectivity index is 2.02. The molecule has 0 radical (unpaired) electrons. The lowest BCUT2D eigenvalue weighted by molar-refractivity contribution is 0.0564. The van der Waals surface area contributed by atoms with Gasteiger partial charge in [-0.3, -0.25) is 0 Å². The zero-order valence-electron chi connectivity index (χ0n) is 9.15. The summed E-state index contributed by atoms with van der Waals surface area (Å²) in [4.78, 5) is 13.3. The third kappa shape index (κ3) is 2.85. The summed E-state index contributed by atoms with van der Waals surface area (Å²) in [5, 5.41) is 11.5. The van der Waals surface area contributed by atoms with Crippen molar-refractivity contribution in [1.29, 1.82) is 0 Å². The Labute approximate surface area is 97.8 Å². The van der Waals surface area contributed by atoms with Gasteiger partial charge in [0.1, 0.15) is 11.6 Å². The molecule has 1 aromatic carbocycles. The number of halogens is 1. The molecule has 2 rings (SSSR count). The molecule has 0 spiro atoms. The van der Waals surface area contributed by atoms with Gasteiger partial charge in [0.25, 0.3) is 0 Å². The van der Waals surface area contributed by atoms with Crippen molar-refractivity contribution in [2.45, 2.75) is 0 Å². The predicted molar refractivity (Wildman–Crippen MR) is 59.5 cm³/mol. The van der Waals surface area contributed by atoms with Crippen LogP contribution in [-0.4, -0.2) is 42.3 Å². The molecule has 17 heavy (non-hydrogen) atoms. The van der Waals surface area contributed by atoms with Gasteiger partial charge in [0.15, 0.2) is 0 Å². The lowest BCUT2D eigenvalue weighted by Crippen LogP contribution is -2.43. The molecule has 5 nitrogen and oxygen atoms in total. The second-order valence-corrected chi connectivity index (χ2v) is 3.69. The standard InChI is InChI=1S/C11H13FN2O3/c12-9-7-8(15)1-2-10(9)13-11(16)14-3-5-17-6-4-14/h1-2,7,15H,3-6H2,(H,13,16). The molecule has 1 heterocycles. The summed E-state index contributed by atoms with van der Waals surface area (Å²) >= 11 is 0. The minimum Gasteiger partial charge on any atom is -0.508 e. The van der Waals surface area contributed by atoms with Gasteiger partial charge in [-0.15, -0.1) is 0 Å². The van der Waals surface area contributed by atoms with Crippen LogP contribution in [0, 0.1) is 5.82 Å². The Kier molecular flexibility index (Phi) is 3.43. The van der Waals surface area contributed by atoms with Gasteiger partial charge in [-0.25, -0.2) is 9.18 Å². The van der Waals surface area contributed by atoms with E-state index in [4.69, 9.17) is 9.84 Å². The van der Waals surface area contributed by atoms with Crippen LogP contribution in [-0.2, 0) is 4.74 Å². The van der Waals surface area contributed by atoms with Gasteiger partial charge in [0.05, 0.1) is 18.9 Å². The van der Waals surface area contributed by atoms with Crippen molar-refractivity contribution < 1.29 is 19.0 Å². The van der Waals surface area contributed by atoms with Crippen molar-refractivity contribution in [2.24, 2.45) is 0 Å². The van der Waals surface area contributed by atoms with Crippen LogP contribution in [0.15, 0.2) is 18.2 Å². The molecule has 0 bridgehead atoms. The largest absolute Gasteiger partial charge is 0.508 e. The second-order valence-electron chi connectivity index (χ2n) is 3.69. The summed E-state index contributed by atoms with van der Waals surface area (Å²) in [7, 11) is 0. The maximum absolute atomic E-state index is 13.4. The highest BCUT2D eigenvalue weighted by Gasteiger charge is 2.17. The molecular weight excluding hydrogens is 227 g/mol. The number of ether oxygens (including phenoxy) is 1. The third-order valence-electron chi connectivity index (χ3n) is 2.49. The SMILES string of the molecule is O=C(Nc1ccc(O)cc1F)N1CCOCC1. The van der Waals surface area contributed by atoms with E-state index in [0.717, 1.165) is 6.07 Å². The van der Waals surface area contributed by atoms with Crippen molar-refractivity contribution in [1.82, 2.24) is 4.90 Å². The van der Waals surface area contributed by atoms with E-state index in [9.17, 15) is 9.18 Å². The maximum Gasteiger partial charge on any atom is 0.322 e. The van der Waals surface area contributed by atoms with Gasteiger partial charge in [0, 0.05) is 19.2 Å². The quantitative estimate of drug-likeness (QED) is 0.729. The summed E-state index contributed by atoms with van der Waals surface area (Å²) in [6.07, 6.45) is 0. The fraction of sp³-hybridized carbons (Fsp3) is 0.364. The number of carbonyl (C=O) groups excluding carboxylic acids is 1. The van der Waals surface area contributed by atoms with E-state index in [1.165, 1.54) is 12.1 Å². The first-order chi connectivity index (χ1) is 8.16. The van der Waals surface area contributed by atoms with Crippen LogP contribution in [0.3, 0.4) is 0 Å². The zero-order valence-corrected chi connectivity index (χ0v) is 9.15. The van der Waals surface area contributed by atoms with Crippen LogP contribution in [0.1, 0.15) is 0 Å². The maximum atomic E-state index is 13.4. The van der Waals surface area contributed by atoms with E-state index in [2.05, 4.69) is 5.32 Å². The van der Waals surface area contributed by atoms with Crippen molar-refractivity contribution in [3.63, 3.8) is 0 Å². The molecule has 0 saturated carbocycles. The number of anilines is 1. The van der Waals surface area contributed by atoms with E-state index >= 15 is 0 Å². The Bertz CT molecular complexity index is 419. The highest BCUT2D eigenvalue weighted by atomic mass is 19.1. The summed E-state index contributed by atoms with van der Waals surface area (Å²) < 4.78 is 18.5. The fourth-order valence-corrected chi connectivity index (χ4v) is 1.57. The van der Waals surface area contributed by atoms with E-state index in [1.807, 2.05) is 0 Å². The van der Waals surface area contributed by atoms with E-state index in [0.29, 0.717) is 26.3 Å². The number of urea groups is 1. The molecule has 1 aromatic rings. The van der Waals surface area contributed by atoms with Crippen molar-refractivity contribution in [3.05, 3.63) is 24.0 Å². The van der Waals surface area contributed by atoms with Crippen LogP contribution >= 0.6 is 0 Å². The molecule has 0 aromatic heterocycles. The first-order valence-electron chi connectivity index (χ1n) is 5.29. The van der Waals surface area contributed by atoms with Gasteiger partial charge in [0.2, 0.25) is 0 Å². The first-order valence-corrected chi connectivity index (χ1v) is 5.29. The van der Waals surface area contributed by atoms with Crippen LogP contribution in [0.4, 0.5) is 14.9 Å². The number of hydrogen-bond donors (Lipinski definition) is 2. The van der Waals surface area contributed by atoms with E-state index in [-0.39, 0.29) is 17.5 Å². The molecule has 6 heteroatoms. The van der Waals surface area contributed by atoms with Crippen LogP contribution in [0.5, 0.6) is 5.75 Å². The van der Waals surface area contributed by atoms with Crippen LogP contribution in [0.25, 0.3) is 0 Å². The number of phenolic OH excluding ortho intramolecular Hbond substituents is 1. The number of nitrogens with zero attached hydrogens (tertiary/aromatic N) is 1. The monoisotopic (exact) mass is 240 g/mol. The molecule has 1 aliphatic heterocycles. The molecule has 0 unspecified atom stereocenters. The van der Waals surface area contributed by atoms with Crippen molar-refractivity contribution in [2.75, 3.05) is 31.6 Å². The fourth-order valence-electron chi connectivity index (χ4n) is 1.57. The summed E-state index contributed by atoms with van der Waals surface area (Å²) in [6, 6.07) is 3.23. The number of nitrogens with one attached hydrogen (secondary N) is 1. The lowest BCUT2D eigenvalue weighted by Gasteiger charge is -2.26. The molecule has 0 atom stereocenters. The lowest BCUT2D eigenvalue weighted by atomic mass is 10.3. The summed E-state index contributed by atoms with van der Waals surface area (Å²) in [5.74, 6) is -0.835. The molecule has 1 aliphatic rings. The average molecular weight is 240 g/mol. The molecule has 0 aliphatic carbocycles. The minimum absolute atomic E-state index is 0.0549. The van der Waals surface area contributed by atoms with Crippen LogP contribution < -0.4 is 5.32 Å². The molecule has 2 N–H and O–H groups in total. The zero-order chi connectivity index (χ0) is 12.3. The normalized spacial score (nSPS) is 15.7. The van der Waals surface area contributed by atoms with Gasteiger partial charge in [-0.05, 0) is 12.1 Å². The number of rotatable bonds is 1. The van der Waals surface area contributed by atoms with E-state index in [1.54, 1.807) is 4.90 Å². The number of benzene rings is 1. The number of phenols is 1. The first kappa shape index (κ1) is 11.7. The average Bonchev–Trinajstić information content (AvgIpc) is 2.34. The smallest absolute Gasteiger partial charge is 0.322 e. The van der Waals surface area contributed by atoms with Gasteiger partial charge in [-0.1, -0.05) is 0 Å². The number of morpholine rings is 1. The molecule has 92 valence electrons. The predicted octanol–water partition coefficient (Wildman–Crippen LogP) is 1.40. The minimum atomic E-state index is -0.661. The highest BCUT2D eigenvalue weighted by Crippen LogP contribution is 2.19. The molecule has 1 fully saturated rings. The second kappa shape index (κ2) is 5.01. The Hall–Kier alpha value is -1.82. The highest BCUT2D eigenvalue weighted by molar-refractivity contribution is 5.89. The van der Waals surface area contributed by atoms with Crippen LogP contribution in [0.2, 0.25) is 0 Å². The third-order valence-corrected chi connectivity index (χ3v) is 2.49. The Morgan fingerprint density at radius 3 is 2.76 bits per heavy atom. The number of aromatic hydroxyl groups is 1. The van der Waals surface area contributed by atoms with Crippen molar-refractivity contribution >= 4 is 11.7 Å². The molecule has 1 saturated heterocycles. The Morgan fingerprint density at radius 2 is 2.12 bits per heavy atom. The van der Waals surface area contributed by atoms with Gasteiger partial charge >= 0.3 is 6.03 Å². The summed E-state index contributed by atoms with van der Waals surface area (Å²) in [6.45, 7) is 1.97. The number of carbonyl (C=O) groups is 1. The molecule has 2 amide bonds. The summed E-state index contributed by atoms with van der Waals surface area (Å²) in [5.41, 5.74) is 0.0549. The Morgan fingerprint density at radius 1 is 1.41 bits per heavy atom.